The summed E-state index contributed by atoms with van der Waals surface area (Å²) in [5.41, 5.74) is 1.80. The van der Waals surface area contributed by atoms with Gasteiger partial charge in [0.15, 0.2) is 0 Å². The standard InChI is InChI=1S/C23H20ClFN2O3/c1-27(2)23(29)16-9-12-19(24)20(13-16)26-22(28)18-5-3-4-6-21(18)30-14-15-7-10-17(25)11-8-15/h3-13H,14H2,1-2H3,(H,26,28). The first-order valence-electron chi connectivity index (χ1n) is 9.14. The van der Waals surface area contributed by atoms with E-state index in [1.165, 1.54) is 23.1 Å². The van der Waals surface area contributed by atoms with Crippen LogP contribution >= 0.6 is 11.6 Å². The van der Waals surface area contributed by atoms with E-state index < -0.39 is 5.91 Å². The van der Waals surface area contributed by atoms with Gasteiger partial charge in [-0.15, -0.1) is 0 Å². The molecule has 0 bridgehead atoms. The van der Waals surface area contributed by atoms with Crippen molar-refractivity contribution in [2.45, 2.75) is 6.61 Å². The van der Waals surface area contributed by atoms with Gasteiger partial charge in [0.1, 0.15) is 18.2 Å². The molecule has 5 nitrogen and oxygen atoms in total. The third kappa shape index (κ3) is 5.15. The Hall–Kier alpha value is -3.38. The van der Waals surface area contributed by atoms with Crippen molar-refractivity contribution < 1.29 is 18.7 Å². The molecule has 0 saturated carbocycles. The molecule has 1 N–H and O–H groups in total. The topological polar surface area (TPSA) is 58.6 Å². The molecule has 3 aromatic carbocycles. The Kier molecular flexibility index (Phi) is 6.69. The lowest BCUT2D eigenvalue weighted by molar-refractivity contribution is 0.0827. The summed E-state index contributed by atoms with van der Waals surface area (Å²) >= 11 is 6.20. The number of hydrogen-bond donors (Lipinski definition) is 1. The lowest BCUT2D eigenvalue weighted by Crippen LogP contribution is -2.22. The molecule has 0 unspecified atom stereocenters. The molecule has 0 aliphatic carbocycles. The number of carbonyl (C=O) groups excluding carboxylic acids is 2. The second-order valence-corrected chi connectivity index (χ2v) is 7.17. The van der Waals surface area contributed by atoms with E-state index in [1.807, 2.05) is 0 Å². The molecule has 0 spiro atoms. The molecule has 2 amide bonds. The number of anilines is 1. The summed E-state index contributed by atoms with van der Waals surface area (Å²) < 4.78 is 18.8. The number of halogens is 2. The number of benzene rings is 3. The smallest absolute Gasteiger partial charge is 0.259 e. The van der Waals surface area contributed by atoms with Crippen molar-refractivity contribution in [3.05, 3.63) is 94.3 Å². The van der Waals surface area contributed by atoms with E-state index in [-0.39, 0.29) is 18.3 Å². The van der Waals surface area contributed by atoms with E-state index in [0.29, 0.717) is 27.6 Å². The summed E-state index contributed by atoms with van der Waals surface area (Å²) in [7, 11) is 3.29. The predicted molar refractivity (Wildman–Crippen MR) is 115 cm³/mol. The Morgan fingerprint density at radius 2 is 1.73 bits per heavy atom. The minimum Gasteiger partial charge on any atom is -0.488 e. The van der Waals surface area contributed by atoms with Gasteiger partial charge in [-0.3, -0.25) is 9.59 Å². The zero-order valence-corrected chi connectivity index (χ0v) is 17.2. The number of rotatable bonds is 6. The van der Waals surface area contributed by atoms with Gasteiger partial charge in [-0.2, -0.15) is 0 Å². The van der Waals surface area contributed by atoms with Crippen molar-refractivity contribution in [1.82, 2.24) is 4.90 Å². The first-order chi connectivity index (χ1) is 14.3. The highest BCUT2D eigenvalue weighted by Crippen LogP contribution is 2.26. The van der Waals surface area contributed by atoms with Crippen LogP contribution in [-0.4, -0.2) is 30.8 Å². The molecular formula is C23H20ClFN2O3. The Morgan fingerprint density at radius 3 is 2.43 bits per heavy atom. The third-order valence-electron chi connectivity index (χ3n) is 4.31. The molecule has 0 aliphatic heterocycles. The van der Waals surface area contributed by atoms with Crippen molar-refractivity contribution in [1.29, 1.82) is 0 Å². The van der Waals surface area contributed by atoms with Gasteiger partial charge < -0.3 is 15.0 Å². The number of nitrogens with one attached hydrogen (secondary N) is 1. The van der Waals surface area contributed by atoms with Crippen LogP contribution in [0.1, 0.15) is 26.3 Å². The Bertz CT molecular complexity index is 1070. The van der Waals surface area contributed by atoms with Crippen molar-refractivity contribution in [3.8, 4) is 5.75 Å². The second-order valence-electron chi connectivity index (χ2n) is 6.76. The molecule has 154 valence electrons. The maximum absolute atomic E-state index is 13.1. The summed E-state index contributed by atoms with van der Waals surface area (Å²) in [5, 5.41) is 3.04. The number of ether oxygens (including phenoxy) is 1. The molecule has 0 aromatic heterocycles. The molecule has 7 heteroatoms. The first-order valence-corrected chi connectivity index (χ1v) is 9.52. The Labute approximate surface area is 179 Å². The number of carbonyl (C=O) groups is 2. The molecule has 3 rings (SSSR count). The molecule has 0 heterocycles. The van der Waals surface area contributed by atoms with Crippen molar-refractivity contribution in [2.24, 2.45) is 0 Å². The summed E-state index contributed by atoms with van der Waals surface area (Å²) in [6, 6.07) is 17.4. The van der Waals surface area contributed by atoms with Crippen LogP contribution in [-0.2, 0) is 6.61 Å². The van der Waals surface area contributed by atoms with Crippen LogP contribution in [0.2, 0.25) is 5.02 Å². The fraction of sp³-hybridized carbons (Fsp3) is 0.130. The quantitative estimate of drug-likeness (QED) is 0.602. The highest BCUT2D eigenvalue weighted by atomic mass is 35.5. The minimum atomic E-state index is -0.430. The van der Waals surface area contributed by atoms with Gasteiger partial charge in [0, 0.05) is 19.7 Å². The van der Waals surface area contributed by atoms with Crippen molar-refractivity contribution in [3.63, 3.8) is 0 Å². The van der Waals surface area contributed by atoms with Crippen LogP contribution in [0, 0.1) is 5.82 Å². The summed E-state index contributed by atoms with van der Waals surface area (Å²) in [5.74, 6) is -0.590. The number of nitrogens with zero attached hydrogens (tertiary/aromatic N) is 1. The fourth-order valence-corrected chi connectivity index (χ4v) is 2.89. The number of hydrogen-bond acceptors (Lipinski definition) is 3. The van der Waals surface area contributed by atoms with Gasteiger partial charge in [0.25, 0.3) is 11.8 Å². The van der Waals surface area contributed by atoms with E-state index in [1.54, 1.807) is 62.6 Å². The molecule has 0 fully saturated rings. The molecule has 0 aliphatic rings. The van der Waals surface area contributed by atoms with Crippen LogP contribution in [0.25, 0.3) is 0 Å². The lowest BCUT2D eigenvalue weighted by atomic mass is 10.1. The van der Waals surface area contributed by atoms with E-state index in [2.05, 4.69) is 5.32 Å². The maximum Gasteiger partial charge on any atom is 0.259 e. The largest absolute Gasteiger partial charge is 0.488 e. The van der Waals surface area contributed by atoms with Crippen molar-refractivity contribution in [2.75, 3.05) is 19.4 Å². The van der Waals surface area contributed by atoms with Crippen LogP contribution in [0.3, 0.4) is 0 Å². The maximum atomic E-state index is 13.1. The second kappa shape index (κ2) is 9.41. The molecule has 30 heavy (non-hydrogen) atoms. The highest BCUT2D eigenvalue weighted by molar-refractivity contribution is 6.34. The van der Waals surface area contributed by atoms with Gasteiger partial charge >= 0.3 is 0 Å². The first kappa shape index (κ1) is 21.3. The van der Waals surface area contributed by atoms with Crippen LogP contribution in [0.5, 0.6) is 5.75 Å². The highest BCUT2D eigenvalue weighted by Gasteiger charge is 2.16. The summed E-state index contributed by atoms with van der Waals surface area (Å²) in [6.45, 7) is 0.179. The molecule has 0 saturated heterocycles. The monoisotopic (exact) mass is 426 g/mol. The Morgan fingerprint density at radius 1 is 1.03 bits per heavy atom. The molecule has 0 atom stereocenters. The van der Waals surface area contributed by atoms with Crippen LogP contribution < -0.4 is 10.1 Å². The van der Waals surface area contributed by atoms with E-state index >= 15 is 0 Å². The van der Waals surface area contributed by atoms with Gasteiger partial charge in [0.05, 0.1) is 16.3 Å². The van der Waals surface area contributed by atoms with Gasteiger partial charge in [-0.1, -0.05) is 35.9 Å². The van der Waals surface area contributed by atoms with Gasteiger partial charge in [0.2, 0.25) is 0 Å². The van der Waals surface area contributed by atoms with Crippen LogP contribution in [0.15, 0.2) is 66.7 Å². The fourth-order valence-electron chi connectivity index (χ4n) is 2.72. The third-order valence-corrected chi connectivity index (χ3v) is 4.64. The zero-order chi connectivity index (χ0) is 21.7. The summed E-state index contributed by atoms with van der Waals surface area (Å²) in [4.78, 5) is 26.5. The minimum absolute atomic E-state index is 0.179. The zero-order valence-electron chi connectivity index (χ0n) is 16.5. The SMILES string of the molecule is CN(C)C(=O)c1ccc(Cl)c(NC(=O)c2ccccc2OCc2ccc(F)cc2)c1. The molecule has 0 radical (unpaired) electrons. The van der Waals surface area contributed by atoms with Crippen molar-refractivity contribution >= 4 is 29.1 Å². The van der Waals surface area contributed by atoms with Gasteiger partial charge in [-0.25, -0.2) is 4.39 Å². The van der Waals surface area contributed by atoms with E-state index in [0.717, 1.165) is 5.56 Å². The average Bonchev–Trinajstić information content (AvgIpc) is 2.74. The van der Waals surface area contributed by atoms with E-state index in [9.17, 15) is 14.0 Å². The molecular weight excluding hydrogens is 407 g/mol. The number of amides is 2. The van der Waals surface area contributed by atoms with Gasteiger partial charge in [-0.05, 0) is 48.0 Å². The Balaban J connectivity index is 1.78. The summed E-state index contributed by atoms with van der Waals surface area (Å²) in [6.07, 6.45) is 0. The van der Waals surface area contributed by atoms with E-state index in [4.69, 9.17) is 16.3 Å². The van der Waals surface area contributed by atoms with Crippen LogP contribution in [0.4, 0.5) is 10.1 Å². The number of para-hydroxylation sites is 1. The lowest BCUT2D eigenvalue weighted by Gasteiger charge is -2.14. The normalized spacial score (nSPS) is 10.4. The predicted octanol–water partition coefficient (Wildman–Crippen LogP) is 5.01. The molecule has 3 aromatic rings. The average molecular weight is 427 g/mol.